The van der Waals surface area contributed by atoms with E-state index in [2.05, 4.69) is 42.8 Å². The molecule has 0 radical (unpaired) electrons. The number of hydrogen-bond donors (Lipinski definition) is 1. The summed E-state index contributed by atoms with van der Waals surface area (Å²) in [6.45, 7) is 16.2. The van der Waals surface area contributed by atoms with E-state index in [9.17, 15) is 0 Å². The summed E-state index contributed by atoms with van der Waals surface area (Å²) in [6.07, 6.45) is 2.54. The van der Waals surface area contributed by atoms with Crippen LogP contribution in [-0.2, 0) is 0 Å². The van der Waals surface area contributed by atoms with E-state index in [0.717, 1.165) is 0 Å². The van der Waals surface area contributed by atoms with Crippen LogP contribution in [0.15, 0.2) is 0 Å². The van der Waals surface area contributed by atoms with E-state index >= 15 is 0 Å². The summed E-state index contributed by atoms with van der Waals surface area (Å²) in [5.41, 5.74) is 0. The SMILES string of the molecule is CCN(CC)CCCN(CC)CCC(C)NC. The average molecular weight is 243 g/mol. The molecule has 0 rings (SSSR count). The van der Waals surface area contributed by atoms with Crippen LogP contribution in [0.25, 0.3) is 0 Å². The highest BCUT2D eigenvalue weighted by molar-refractivity contribution is 4.64. The van der Waals surface area contributed by atoms with Gasteiger partial charge >= 0.3 is 0 Å². The smallest absolute Gasteiger partial charge is 0.00479 e. The summed E-state index contributed by atoms with van der Waals surface area (Å²) in [5, 5.41) is 3.30. The Morgan fingerprint density at radius 3 is 1.88 bits per heavy atom. The van der Waals surface area contributed by atoms with Crippen LogP contribution in [0.1, 0.15) is 40.5 Å². The monoisotopic (exact) mass is 243 g/mol. The maximum Gasteiger partial charge on any atom is 0.00479 e. The third-order valence-corrected chi connectivity index (χ3v) is 3.66. The van der Waals surface area contributed by atoms with E-state index in [1.54, 1.807) is 0 Å². The molecule has 0 saturated carbocycles. The lowest BCUT2D eigenvalue weighted by molar-refractivity contribution is 0.237. The van der Waals surface area contributed by atoms with Crippen molar-refractivity contribution in [3.63, 3.8) is 0 Å². The molecule has 104 valence electrons. The minimum Gasteiger partial charge on any atom is -0.317 e. The van der Waals surface area contributed by atoms with Gasteiger partial charge in [-0.2, -0.15) is 0 Å². The fourth-order valence-electron chi connectivity index (χ4n) is 2.01. The van der Waals surface area contributed by atoms with Gasteiger partial charge in [-0.3, -0.25) is 0 Å². The maximum absolute atomic E-state index is 3.30. The van der Waals surface area contributed by atoms with Crippen molar-refractivity contribution in [2.75, 3.05) is 46.3 Å². The van der Waals surface area contributed by atoms with Crippen molar-refractivity contribution >= 4 is 0 Å². The third-order valence-electron chi connectivity index (χ3n) is 3.66. The molecular formula is C14H33N3. The predicted octanol–water partition coefficient (Wildman–Crippen LogP) is 2.04. The molecule has 3 nitrogen and oxygen atoms in total. The number of hydrogen-bond acceptors (Lipinski definition) is 3. The number of rotatable bonds is 11. The second-order valence-electron chi connectivity index (χ2n) is 4.79. The molecule has 3 heteroatoms. The molecule has 0 amide bonds. The lowest BCUT2D eigenvalue weighted by Gasteiger charge is -2.24. The first-order chi connectivity index (χ1) is 8.17. The third kappa shape index (κ3) is 8.58. The summed E-state index contributed by atoms with van der Waals surface area (Å²) in [4.78, 5) is 5.07. The summed E-state index contributed by atoms with van der Waals surface area (Å²) in [6, 6.07) is 0.631. The van der Waals surface area contributed by atoms with Crippen LogP contribution < -0.4 is 5.32 Å². The van der Waals surface area contributed by atoms with E-state index in [1.807, 2.05) is 7.05 Å². The van der Waals surface area contributed by atoms with Crippen molar-refractivity contribution in [2.45, 2.75) is 46.6 Å². The molecule has 0 spiro atoms. The average Bonchev–Trinajstić information content (AvgIpc) is 2.37. The van der Waals surface area contributed by atoms with E-state index in [1.165, 1.54) is 52.1 Å². The lowest BCUT2D eigenvalue weighted by Crippen LogP contribution is -2.33. The molecule has 0 heterocycles. The zero-order valence-electron chi connectivity index (χ0n) is 12.6. The molecule has 17 heavy (non-hydrogen) atoms. The van der Waals surface area contributed by atoms with Crippen molar-refractivity contribution in [1.29, 1.82) is 0 Å². The molecule has 1 atom stereocenters. The van der Waals surface area contributed by atoms with Crippen LogP contribution in [0.2, 0.25) is 0 Å². The largest absolute Gasteiger partial charge is 0.317 e. The van der Waals surface area contributed by atoms with E-state index < -0.39 is 0 Å². The summed E-state index contributed by atoms with van der Waals surface area (Å²) < 4.78 is 0. The summed E-state index contributed by atoms with van der Waals surface area (Å²) in [7, 11) is 2.04. The number of nitrogens with zero attached hydrogens (tertiary/aromatic N) is 2. The Morgan fingerprint density at radius 1 is 0.882 bits per heavy atom. The first-order valence-electron chi connectivity index (χ1n) is 7.29. The highest BCUT2D eigenvalue weighted by Gasteiger charge is 2.06. The second kappa shape index (κ2) is 11.0. The zero-order chi connectivity index (χ0) is 13.1. The van der Waals surface area contributed by atoms with Crippen molar-refractivity contribution in [3.8, 4) is 0 Å². The molecule has 0 fully saturated rings. The Balaban J connectivity index is 3.67. The first kappa shape index (κ1) is 16.9. The van der Waals surface area contributed by atoms with E-state index in [-0.39, 0.29) is 0 Å². The molecule has 0 aliphatic heterocycles. The minimum atomic E-state index is 0.631. The molecule has 0 aliphatic carbocycles. The molecular weight excluding hydrogens is 210 g/mol. The molecule has 0 aromatic heterocycles. The van der Waals surface area contributed by atoms with Gasteiger partial charge in [0.25, 0.3) is 0 Å². The van der Waals surface area contributed by atoms with Crippen molar-refractivity contribution in [3.05, 3.63) is 0 Å². The molecule has 0 bridgehead atoms. The summed E-state index contributed by atoms with van der Waals surface area (Å²) >= 11 is 0. The first-order valence-corrected chi connectivity index (χ1v) is 7.29. The van der Waals surface area contributed by atoms with Crippen LogP contribution in [0, 0.1) is 0 Å². The van der Waals surface area contributed by atoms with Crippen LogP contribution in [0.5, 0.6) is 0 Å². The lowest BCUT2D eigenvalue weighted by atomic mass is 10.2. The van der Waals surface area contributed by atoms with E-state index in [4.69, 9.17) is 0 Å². The Labute approximate surface area is 109 Å². The molecule has 0 aromatic carbocycles. The van der Waals surface area contributed by atoms with Crippen LogP contribution in [0.3, 0.4) is 0 Å². The van der Waals surface area contributed by atoms with Crippen molar-refractivity contribution in [2.24, 2.45) is 0 Å². The van der Waals surface area contributed by atoms with Crippen molar-refractivity contribution < 1.29 is 0 Å². The van der Waals surface area contributed by atoms with Crippen LogP contribution in [-0.4, -0.2) is 62.2 Å². The Hall–Kier alpha value is -0.120. The second-order valence-corrected chi connectivity index (χ2v) is 4.79. The quantitative estimate of drug-likeness (QED) is 0.599. The molecule has 0 aliphatic rings. The fraction of sp³-hybridized carbons (Fsp3) is 1.00. The summed E-state index contributed by atoms with van der Waals surface area (Å²) in [5.74, 6) is 0. The van der Waals surface area contributed by atoms with Crippen LogP contribution in [0.4, 0.5) is 0 Å². The van der Waals surface area contributed by atoms with Gasteiger partial charge in [-0.25, -0.2) is 0 Å². The minimum absolute atomic E-state index is 0.631. The fourth-order valence-corrected chi connectivity index (χ4v) is 2.01. The predicted molar refractivity (Wildman–Crippen MR) is 77.7 cm³/mol. The molecule has 1 unspecified atom stereocenters. The highest BCUT2D eigenvalue weighted by Crippen LogP contribution is 1.99. The topological polar surface area (TPSA) is 18.5 Å². The zero-order valence-corrected chi connectivity index (χ0v) is 12.6. The molecule has 0 saturated heterocycles. The normalized spacial score (nSPS) is 13.6. The standard InChI is InChI=1S/C14H33N3/c1-6-16(7-2)11-9-12-17(8-3)13-10-14(4)15-5/h14-15H,6-13H2,1-5H3. The van der Waals surface area contributed by atoms with E-state index in [0.29, 0.717) is 6.04 Å². The van der Waals surface area contributed by atoms with Gasteiger partial charge in [-0.1, -0.05) is 20.8 Å². The Kier molecular flexibility index (Phi) is 10.9. The van der Waals surface area contributed by atoms with Gasteiger partial charge in [-0.15, -0.1) is 0 Å². The highest BCUT2D eigenvalue weighted by atomic mass is 15.1. The van der Waals surface area contributed by atoms with Gasteiger partial charge < -0.3 is 15.1 Å². The van der Waals surface area contributed by atoms with Gasteiger partial charge in [-0.05, 0) is 66.1 Å². The molecule has 1 N–H and O–H groups in total. The number of nitrogens with one attached hydrogen (secondary N) is 1. The van der Waals surface area contributed by atoms with Gasteiger partial charge in [0.1, 0.15) is 0 Å². The Bertz CT molecular complexity index is 158. The Morgan fingerprint density at radius 2 is 1.41 bits per heavy atom. The van der Waals surface area contributed by atoms with Gasteiger partial charge in [0.2, 0.25) is 0 Å². The van der Waals surface area contributed by atoms with Crippen LogP contribution >= 0.6 is 0 Å². The maximum atomic E-state index is 3.30. The van der Waals surface area contributed by atoms with Crippen molar-refractivity contribution in [1.82, 2.24) is 15.1 Å². The van der Waals surface area contributed by atoms with Gasteiger partial charge in [0.15, 0.2) is 0 Å². The van der Waals surface area contributed by atoms with Gasteiger partial charge in [0, 0.05) is 6.04 Å². The molecule has 0 aromatic rings. The van der Waals surface area contributed by atoms with Gasteiger partial charge in [0.05, 0.1) is 0 Å².